The second-order valence-corrected chi connectivity index (χ2v) is 8.45. The van der Waals surface area contributed by atoms with Crippen LogP contribution in [0.5, 0.6) is 11.5 Å². The number of anilines is 1. The van der Waals surface area contributed by atoms with Gasteiger partial charge in [0.25, 0.3) is 0 Å². The molecule has 3 rings (SSSR count). The van der Waals surface area contributed by atoms with Crippen molar-refractivity contribution in [3.05, 3.63) is 85.3 Å². The molecule has 0 bridgehead atoms. The van der Waals surface area contributed by atoms with Crippen LogP contribution < -0.4 is 14.8 Å². The van der Waals surface area contributed by atoms with Crippen molar-refractivity contribution in [2.45, 2.75) is 20.1 Å². The fourth-order valence-electron chi connectivity index (χ4n) is 3.03. The van der Waals surface area contributed by atoms with E-state index in [4.69, 9.17) is 32.7 Å². The number of rotatable bonds is 8. The van der Waals surface area contributed by atoms with Crippen molar-refractivity contribution in [2.75, 3.05) is 12.4 Å². The minimum atomic E-state index is -0.953. The van der Waals surface area contributed by atoms with E-state index in [9.17, 15) is 9.90 Å². The Labute approximate surface area is 199 Å². The smallest absolute Gasteiger partial charge is 0.336 e. The standard InChI is InChI=1S/C23H20BrCl2NO4/c1-13-17(23(28)29)4-3-5-20(13)27-11-15-8-21(30-2)22(10-18(15)24)31-12-14-6-7-16(25)9-19(14)26/h3-10,27H,11-12H2,1-2H3,(H,28,29). The summed E-state index contributed by atoms with van der Waals surface area (Å²) in [5.41, 5.74) is 3.44. The number of methoxy groups -OCH3 is 1. The number of carbonyl (C=O) groups is 1. The third-order valence-electron chi connectivity index (χ3n) is 4.76. The summed E-state index contributed by atoms with van der Waals surface area (Å²) in [4.78, 5) is 11.3. The number of aromatic carboxylic acids is 1. The Morgan fingerprint density at radius 2 is 1.87 bits per heavy atom. The molecule has 0 aromatic heterocycles. The fourth-order valence-corrected chi connectivity index (χ4v) is 3.95. The lowest BCUT2D eigenvalue weighted by Gasteiger charge is -2.16. The predicted octanol–water partition coefficient (Wildman–Crippen LogP) is 6.96. The molecule has 0 saturated carbocycles. The lowest BCUT2D eigenvalue weighted by Crippen LogP contribution is -2.07. The Morgan fingerprint density at radius 3 is 2.55 bits per heavy atom. The molecule has 0 aliphatic carbocycles. The molecule has 2 N–H and O–H groups in total. The van der Waals surface area contributed by atoms with Gasteiger partial charge in [-0.1, -0.05) is 51.3 Å². The zero-order valence-corrected chi connectivity index (χ0v) is 19.9. The van der Waals surface area contributed by atoms with Gasteiger partial charge in [0.2, 0.25) is 0 Å². The molecule has 162 valence electrons. The van der Waals surface area contributed by atoms with E-state index in [2.05, 4.69) is 21.2 Å². The maximum atomic E-state index is 11.3. The molecular weight excluding hydrogens is 505 g/mol. The topological polar surface area (TPSA) is 67.8 Å². The zero-order valence-electron chi connectivity index (χ0n) is 16.8. The highest BCUT2D eigenvalue weighted by molar-refractivity contribution is 9.10. The SMILES string of the molecule is COc1cc(CNc2cccc(C(=O)O)c2C)c(Br)cc1OCc1ccc(Cl)cc1Cl. The summed E-state index contributed by atoms with van der Waals surface area (Å²) in [6, 6.07) is 14.1. The quantitative estimate of drug-likeness (QED) is 0.333. The number of ether oxygens (including phenoxy) is 2. The van der Waals surface area contributed by atoms with Gasteiger partial charge in [0.15, 0.2) is 11.5 Å². The molecule has 3 aromatic carbocycles. The molecule has 3 aromatic rings. The van der Waals surface area contributed by atoms with E-state index in [1.165, 1.54) is 0 Å². The van der Waals surface area contributed by atoms with Crippen LogP contribution in [0.15, 0.2) is 53.0 Å². The lowest BCUT2D eigenvalue weighted by atomic mass is 10.1. The highest BCUT2D eigenvalue weighted by atomic mass is 79.9. The van der Waals surface area contributed by atoms with Crippen molar-refractivity contribution in [1.82, 2.24) is 0 Å². The normalized spacial score (nSPS) is 10.6. The third kappa shape index (κ3) is 5.64. The number of carboxylic acids is 1. The fraction of sp³-hybridized carbons (Fsp3) is 0.174. The predicted molar refractivity (Wildman–Crippen MR) is 127 cm³/mol. The molecule has 0 unspecified atom stereocenters. The lowest BCUT2D eigenvalue weighted by molar-refractivity contribution is 0.0696. The molecule has 5 nitrogen and oxygen atoms in total. The van der Waals surface area contributed by atoms with Gasteiger partial charge in [-0.2, -0.15) is 0 Å². The number of halogens is 3. The van der Waals surface area contributed by atoms with Gasteiger partial charge >= 0.3 is 5.97 Å². The van der Waals surface area contributed by atoms with E-state index in [1.807, 2.05) is 24.3 Å². The molecule has 0 amide bonds. The number of nitrogens with one attached hydrogen (secondary N) is 1. The second-order valence-electron chi connectivity index (χ2n) is 6.76. The van der Waals surface area contributed by atoms with Crippen LogP contribution in [0.1, 0.15) is 27.0 Å². The van der Waals surface area contributed by atoms with Crippen molar-refractivity contribution in [3.63, 3.8) is 0 Å². The van der Waals surface area contributed by atoms with Crippen LogP contribution in [0.3, 0.4) is 0 Å². The van der Waals surface area contributed by atoms with Crippen LogP contribution in [-0.4, -0.2) is 18.2 Å². The molecule has 0 aliphatic heterocycles. The van der Waals surface area contributed by atoms with E-state index in [0.29, 0.717) is 33.7 Å². The number of carboxylic acid groups (broad SMARTS) is 1. The molecular formula is C23H20BrCl2NO4. The van der Waals surface area contributed by atoms with Gasteiger partial charge in [0.1, 0.15) is 6.61 Å². The molecule has 0 atom stereocenters. The number of hydrogen-bond acceptors (Lipinski definition) is 4. The molecule has 8 heteroatoms. The molecule has 0 radical (unpaired) electrons. The first-order valence-corrected chi connectivity index (χ1v) is 10.8. The maximum absolute atomic E-state index is 11.3. The van der Waals surface area contributed by atoms with Crippen molar-refractivity contribution in [2.24, 2.45) is 0 Å². The largest absolute Gasteiger partial charge is 0.493 e. The average Bonchev–Trinajstić information content (AvgIpc) is 2.73. The van der Waals surface area contributed by atoms with Crippen molar-refractivity contribution >= 4 is 50.8 Å². The van der Waals surface area contributed by atoms with E-state index in [1.54, 1.807) is 38.3 Å². The summed E-state index contributed by atoms with van der Waals surface area (Å²) in [7, 11) is 1.57. The van der Waals surface area contributed by atoms with Gasteiger partial charge in [-0.15, -0.1) is 0 Å². The summed E-state index contributed by atoms with van der Waals surface area (Å²) in [6.07, 6.45) is 0. The van der Waals surface area contributed by atoms with E-state index in [-0.39, 0.29) is 12.2 Å². The van der Waals surface area contributed by atoms with E-state index in [0.717, 1.165) is 21.3 Å². The Balaban J connectivity index is 1.76. The maximum Gasteiger partial charge on any atom is 0.336 e. The summed E-state index contributed by atoms with van der Waals surface area (Å²) in [5.74, 6) is 0.181. The van der Waals surface area contributed by atoms with Gasteiger partial charge in [0.05, 0.1) is 12.7 Å². The summed E-state index contributed by atoms with van der Waals surface area (Å²) in [6.45, 7) is 2.50. The van der Waals surface area contributed by atoms with Gasteiger partial charge in [-0.25, -0.2) is 4.79 Å². The van der Waals surface area contributed by atoms with Crippen LogP contribution in [0, 0.1) is 6.92 Å². The van der Waals surface area contributed by atoms with Crippen LogP contribution in [0.4, 0.5) is 5.69 Å². The average molecular weight is 525 g/mol. The van der Waals surface area contributed by atoms with E-state index >= 15 is 0 Å². The second kappa shape index (κ2) is 10.3. The minimum Gasteiger partial charge on any atom is -0.493 e. The first kappa shape index (κ1) is 23.3. The highest BCUT2D eigenvalue weighted by Crippen LogP contribution is 2.35. The molecule has 31 heavy (non-hydrogen) atoms. The molecule has 0 heterocycles. The first-order chi connectivity index (χ1) is 14.8. The molecule has 0 spiro atoms. The van der Waals surface area contributed by atoms with E-state index < -0.39 is 5.97 Å². The molecule has 0 saturated heterocycles. The van der Waals surface area contributed by atoms with Crippen LogP contribution in [0.25, 0.3) is 0 Å². The van der Waals surface area contributed by atoms with Crippen molar-refractivity contribution in [3.8, 4) is 11.5 Å². The Morgan fingerprint density at radius 1 is 1.10 bits per heavy atom. The van der Waals surface area contributed by atoms with Gasteiger partial charge in [-0.3, -0.25) is 0 Å². The van der Waals surface area contributed by atoms with Crippen LogP contribution in [0.2, 0.25) is 10.0 Å². The number of hydrogen-bond donors (Lipinski definition) is 2. The summed E-state index contributed by atoms with van der Waals surface area (Å²) >= 11 is 15.7. The number of benzene rings is 3. The molecule has 0 aliphatic rings. The first-order valence-electron chi connectivity index (χ1n) is 9.30. The van der Waals surface area contributed by atoms with Crippen LogP contribution in [-0.2, 0) is 13.2 Å². The molecule has 0 fully saturated rings. The third-order valence-corrected chi connectivity index (χ3v) is 6.09. The van der Waals surface area contributed by atoms with Crippen molar-refractivity contribution in [1.29, 1.82) is 0 Å². The van der Waals surface area contributed by atoms with Gasteiger partial charge in [-0.05, 0) is 54.4 Å². The Kier molecular flexibility index (Phi) is 7.70. The van der Waals surface area contributed by atoms with Crippen molar-refractivity contribution < 1.29 is 19.4 Å². The van der Waals surface area contributed by atoms with Gasteiger partial charge in [0, 0.05) is 32.3 Å². The summed E-state index contributed by atoms with van der Waals surface area (Å²) < 4.78 is 12.3. The Hall–Kier alpha value is -2.41. The monoisotopic (exact) mass is 523 g/mol. The Bertz CT molecular complexity index is 1120. The highest BCUT2D eigenvalue weighted by Gasteiger charge is 2.14. The van der Waals surface area contributed by atoms with Gasteiger partial charge < -0.3 is 19.9 Å². The van der Waals surface area contributed by atoms with Crippen LogP contribution >= 0.6 is 39.1 Å². The summed E-state index contributed by atoms with van der Waals surface area (Å²) in [5, 5.41) is 13.7. The minimum absolute atomic E-state index is 0.261. The zero-order chi connectivity index (χ0) is 22.5.